The number of likely N-dealkylation sites (N-methyl/N-ethyl adjacent to an activating group) is 1. The maximum atomic E-state index is 14.8. The molecule has 38 heavy (non-hydrogen) atoms. The van der Waals surface area contributed by atoms with Gasteiger partial charge in [0.1, 0.15) is 11.5 Å². The van der Waals surface area contributed by atoms with Gasteiger partial charge in [-0.05, 0) is 58.2 Å². The number of carbonyl (C=O) groups is 1. The molecule has 2 aliphatic carbocycles. The van der Waals surface area contributed by atoms with Gasteiger partial charge in [-0.25, -0.2) is 8.78 Å². The summed E-state index contributed by atoms with van der Waals surface area (Å²) in [5, 5.41) is 3.59. The fraction of sp³-hybridized carbons (Fsp3) is 0.633. The van der Waals surface area contributed by atoms with E-state index in [4.69, 9.17) is 5.73 Å². The second-order valence-corrected chi connectivity index (χ2v) is 12.4. The predicted molar refractivity (Wildman–Crippen MR) is 154 cm³/mol. The van der Waals surface area contributed by atoms with Crippen molar-refractivity contribution < 1.29 is 13.6 Å². The van der Waals surface area contributed by atoms with Gasteiger partial charge >= 0.3 is 0 Å². The van der Waals surface area contributed by atoms with Gasteiger partial charge in [-0.1, -0.05) is 38.3 Å². The van der Waals surface area contributed by atoms with Crippen LogP contribution in [0.15, 0.2) is 46.4 Å². The average molecular weight is 547 g/mol. The highest BCUT2D eigenvalue weighted by Crippen LogP contribution is 2.38. The van der Waals surface area contributed by atoms with E-state index in [9.17, 15) is 13.6 Å². The molecular formula is C30H44F2N4OS. The molecule has 210 valence electrons. The normalized spacial score (nSPS) is 30.6. The van der Waals surface area contributed by atoms with Crippen LogP contribution >= 0.6 is 11.8 Å². The van der Waals surface area contributed by atoms with Crippen LogP contribution in [0, 0.1) is 23.7 Å². The summed E-state index contributed by atoms with van der Waals surface area (Å²) in [5.74, 6) is 4.65. The SMILES string of the molecule is CCC(C)C(NC1CC#CC(N2CCN(C)C(C)C2)=CC1)S/C(C(=O)C1CC(C)(F)C=CC=C1F)=C(\C)N. The molecule has 8 heteroatoms. The van der Waals surface area contributed by atoms with Gasteiger partial charge in [-0.2, -0.15) is 0 Å². The highest BCUT2D eigenvalue weighted by Gasteiger charge is 2.37. The number of nitrogens with one attached hydrogen (secondary N) is 1. The smallest absolute Gasteiger partial charge is 0.180 e. The van der Waals surface area contributed by atoms with Crippen molar-refractivity contribution in [1.29, 1.82) is 0 Å². The quantitative estimate of drug-likeness (QED) is 0.233. The monoisotopic (exact) mass is 546 g/mol. The molecule has 1 fully saturated rings. The third-order valence-corrected chi connectivity index (χ3v) is 9.41. The van der Waals surface area contributed by atoms with Gasteiger partial charge in [0.2, 0.25) is 0 Å². The first-order valence-corrected chi connectivity index (χ1v) is 14.6. The van der Waals surface area contributed by atoms with E-state index in [1.165, 1.54) is 36.9 Å². The second-order valence-electron chi connectivity index (χ2n) is 11.2. The summed E-state index contributed by atoms with van der Waals surface area (Å²) in [6, 6.07) is 0.593. The van der Waals surface area contributed by atoms with E-state index in [0.29, 0.717) is 23.1 Å². The minimum absolute atomic E-state index is 0.110. The summed E-state index contributed by atoms with van der Waals surface area (Å²) in [7, 11) is 2.16. The first-order chi connectivity index (χ1) is 17.9. The lowest BCUT2D eigenvalue weighted by atomic mass is 9.90. The number of ketones is 1. The molecule has 1 heterocycles. The predicted octanol–water partition coefficient (Wildman–Crippen LogP) is 5.28. The van der Waals surface area contributed by atoms with Crippen molar-refractivity contribution >= 4 is 17.5 Å². The number of allylic oxidation sites excluding steroid dienone is 7. The summed E-state index contributed by atoms with van der Waals surface area (Å²) >= 11 is 1.34. The van der Waals surface area contributed by atoms with Crippen molar-refractivity contribution in [2.45, 2.75) is 83.4 Å². The van der Waals surface area contributed by atoms with Gasteiger partial charge in [0.15, 0.2) is 5.78 Å². The van der Waals surface area contributed by atoms with Crippen molar-refractivity contribution in [3.63, 3.8) is 0 Å². The lowest BCUT2D eigenvalue weighted by Crippen LogP contribution is -2.49. The Balaban J connectivity index is 1.74. The van der Waals surface area contributed by atoms with Gasteiger partial charge < -0.3 is 20.9 Å². The molecule has 3 aliphatic rings. The minimum Gasteiger partial charge on any atom is -0.401 e. The molecule has 1 aliphatic heterocycles. The second kappa shape index (κ2) is 13.3. The van der Waals surface area contributed by atoms with Crippen molar-refractivity contribution in [2.24, 2.45) is 17.6 Å². The zero-order chi connectivity index (χ0) is 28.0. The maximum absolute atomic E-state index is 14.8. The van der Waals surface area contributed by atoms with Crippen molar-refractivity contribution in [3.8, 4) is 11.8 Å². The summed E-state index contributed by atoms with van der Waals surface area (Å²) in [6.45, 7) is 12.4. The molecule has 0 saturated carbocycles. The first-order valence-electron chi connectivity index (χ1n) is 13.7. The van der Waals surface area contributed by atoms with Crippen LogP contribution in [0.3, 0.4) is 0 Å². The molecule has 0 aromatic heterocycles. The van der Waals surface area contributed by atoms with E-state index in [1.54, 1.807) is 6.92 Å². The van der Waals surface area contributed by atoms with Gasteiger partial charge in [0.05, 0.1) is 21.9 Å². The van der Waals surface area contributed by atoms with Crippen LogP contribution < -0.4 is 11.1 Å². The largest absolute Gasteiger partial charge is 0.401 e. The van der Waals surface area contributed by atoms with Gasteiger partial charge in [0, 0.05) is 50.3 Å². The molecular weight excluding hydrogens is 502 g/mol. The molecule has 3 N–H and O–H groups in total. The van der Waals surface area contributed by atoms with Gasteiger partial charge in [0.25, 0.3) is 0 Å². The molecule has 1 saturated heterocycles. The maximum Gasteiger partial charge on any atom is 0.180 e. The number of piperazine rings is 1. The third-order valence-electron chi connectivity index (χ3n) is 7.80. The highest BCUT2D eigenvalue weighted by atomic mass is 32.2. The van der Waals surface area contributed by atoms with Crippen LogP contribution in [0.2, 0.25) is 0 Å². The van der Waals surface area contributed by atoms with Crippen molar-refractivity contribution in [3.05, 3.63) is 46.4 Å². The Morgan fingerprint density at radius 2 is 2.13 bits per heavy atom. The van der Waals surface area contributed by atoms with Gasteiger partial charge in [-0.3, -0.25) is 4.79 Å². The fourth-order valence-electron chi connectivity index (χ4n) is 4.89. The number of hydrogen-bond donors (Lipinski definition) is 2. The van der Waals surface area contributed by atoms with Crippen LogP contribution in [0.4, 0.5) is 8.78 Å². The summed E-state index contributed by atoms with van der Waals surface area (Å²) in [5.41, 5.74) is 5.83. The number of nitrogens with two attached hydrogens (primary N) is 1. The molecule has 0 spiro atoms. The van der Waals surface area contributed by atoms with Crippen LogP contribution in [0.5, 0.6) is 0 Å². The Labute approximate surface area is 232 Å². The molecule has 0 aromatic carbocycles. The Kier molecular flexibility index (Phi) is 10.7. The van der Waals surface area contributed by atoms with E-state index in [2.05, 4.69) is 60.9 Å². The average Bonchev–Trinajstić information content (AvgIpc) is 3.18. The summed E-state index contributed by atoms with van der Waals surface area (Å²) in [4.78, 5) is 18.6. The molecule has 6 atom stereocenters. The topological polar surface area (TPSA) is 61.6 Å². The molecule has 5 nitrogen and oxygen atoms in total. The van der Waals surface area contributed by atoms with Crippen LogP contribution in [0.25, 0.3) is 0 Å². The lowest BCUT2D eigenvalue weighted by Gasteiger charge is -2.38. The molecule has 0 radical (unpaired) electrons. The molecule has 0 aromatic rings. The van der Waals surface area contributed by atoms with Crippen LogP contribution in [-0.2, 0) is 4.79 Å². The lowest BCUT2D eigenvalue weighted by molar-refractivity contribution is -0.118. The molecule has 3 rings (SSSR count). The van der Waals surface area contributed by atoms with Crippen LogP contribution in [0.1, 0.15) is 60.3 Å². The van der Waals surface area contributed by atoms with E-state index < -0.39 is 23.2 Å². The zero-order valence-electron chi connectivity index (χ0n) is 23.7. The summed E-state index contributed by atoms with van der Waals surface area (Å²) < 4.78 is 29.7. The highest BCUT2D eigenvalue weighted by molar-refractivity contribution is 8.04. The number of carbonyl (C=O) groups excluding carboxylic acids is 1. The molecule has 0 bridgehead atoms. The van der Waals surface area contributed by atoms with Crippen LogP contribution in [-0.4, -0.2) is 65.4 Å². The van der Waals surface area contributed by atoms with E-state index in [1.807, 2.05) is 0 Å². The number of thioether (sulfide) groups is 1. The Bertz CT molecular complexity index is 1050. The Morgan fingerprint density at radius 1 is 1.39 bits per heavy atom. The number of hydrogen-bond acceptors (Lipinski definition) is 6. The summed E-state index contributed by atoms with van der Waals surface area (Å²) in [6.07, 6.45) is 8.19. The number of Topliss-reactive ketones (excluding diaryl/α,β-unsaturated/α-hetero) is 1. The molecule has 0 amide bonds. The molecule has 6 unspecified atom stereocenters. The minimum atomic E-state index is -1.78. The Morgan fingerprint density at radius 3 is 2.79 bits per heavy atom. The van der Waals surface area contributed by atoms with Gasteiger partial charge in [-0.15, -0.1) is 11.8 Å². The number of rotatable bonds is 9. The number of alkyl halides is 1. The number of halogens is 2. The third kappa shape index (κ3) is 7.97. The van der Waals surface area contributed by atoms with E-state index >= 15 is 0 Å². The van der Waals surface area contributed by atoms with Crippen molar-refractivity contribution in [2.75, 3.05) is 26.7 Å². The fourth-order valence-corrected chi connectivity index (χ4v) is 6.27. The number of nitrogens with zero attached hydrogens (tertiary/aromatic N) is 2. The van der Waals surface area contributed by atoms with E-state index in [0.717, 1.165) is 38.2 Å². The zero-order valence-corrected chi connectivity index (χ0v) is 24.5. The van der Waals surface area contributed by atoms with E-state index in [-0.39, 0.29) is 23.8 Å². The first kappa shape index (κ1) is 30.5. The standard InChI is InChI=1S/C30H44F2N4OS/c1-7-20(2)29(34-23-10-8-11-24(14-13-23)36-17-16-35(6)21(3)19-36)38-28(22(4)33)27(37)25-18-30(5,32)15-9-12-26(25)31/h9,12,14-15,20-21,23,25,29,34H,7,10,13,16-19,33H2,1-6H3/b28-22+. The Hall–Kier alpha value is -2.08. The van der Waals surface area contributed by atoms with Crippen molar-refractivity contribution in [1.82, 2.24) is 15.1 Å².